The van der Waals surface area contributed by atoms with E-state index in [4.69, 9.17) is 9.15 Å². The topological polar surface area (TPSA) is 80.0 Å². The Hall–Kier alpha value is -2.12. The van der Waals surface area contributed by atoms with Crippen molar-refractivity contribution in [2.24, 2.45) is 0 Å². The molecule has 6 nitrogen and oxygen atoms in total. The number of aliphatic hydroxyl groups excluding tert-OH is 1. The quantitative estimate of drug-likeness (QED) is 0.621. The van der Waals surface area contributed by atoms with Crippen LogP contribution >= 0.6 is 16.1 Å². The highest BCUT2D eigenvalue weighted by molar-refractivity contribution is 9.07. The molecule has 3 rings (SSSR count). The Morgan fingerprint density at radius 3 is 2.60 bits per heavy atom. The Kier molecular flexibility index (Phi) is 4.47. The normalized spacial score (nSPS) is 21.2. The van der Waals surface area contributed by atoms with Crippen molar-refractivity contribution in [1.29, 1.82) is 0 Å². The molecule has 2 aromatic rings. The van der Waals surface area contributed by atoms with Gasteiger partial charge in [-0.25, -0.2) is 0 Å². The van der Waals surface area contributed by atoms with Gasteiger partial charge in [0.15, 0.2) is 11.5 Å². The molecule has 1 aromatic heterocycles. The van der Waals surface area contributed by atoms with E-state index in [9.17, 15) is 14.7 Å². The average molecular weight is 408 g/mol. The predicted molar refractivity (Wildman–Crippen MR) is 93.7 cm³/mol. The predicted octanol–water partition coefficient (Wildman–Crippen LogP) is 3.51. The molecule has 0 bridgehead atoms. The third-order valence-electron chi connectivity index (χ3n) is 4.29. The van der Waals surface area contributed by atoms with Crippen molar-refractivity contribution in [2.75, 3.05) is 0 Å². The summed E-state index contributed by atoms with van der Waals surface area (Å²) < 4.78 is 12.3. The first-order valence-corrected chi connectivity index (χ1v) is 8.48. The lowest BCUT2D eigenvalue weighted by Crippen LogP contribution is -2.52. The number of hydrogen-bond acceptors (Lipinski definition) is 5. The van der Waals surface area contributed by atoms with Crippen LogP contribution in [0.4, 0.5) is 0 Å². The minimum Gasteiger partial charge on any atom is -0.485 e. The van der Waals surface area contributed by atoms with Gasteiger partial charge in [0.25, 0.3) is 5.91 Å². The van der Waals surface area contributed by atoms with Crippen LogP contribution in [-0.2, 0) is 0 Å². The molecular weight excluding hydrogens is 390 g/mol. The minimum atomic E-state index is -1.03. The van der Waals surface area contributed by atoms with E-state index in [1.807, 2.05) is 0 Å². The van der Waals surface area contributed by atoms with Crippen LogP contribution in [0.5, 0.6) is 5.75 Å². The van der Waals surface area contributed by atoms with Gasteiger partial charge in [0.1, 0.15) is 23.5 Å². The molecule has 0 unspecified atom stereocenters. The number of carbonyl (C=O) groups is 2. The first-order chi connectivity index (χ1) is 11.7. The van der Waals surface area contributed by atoms with Crippen molar-refractivity contribution >= 4 is 27.8 Å². The molecule has 0 aliphatic carbocycles. The van der Waals surface area contributed by atoms with Gasteiger partial charge in [-0.3, -0.25) is 13.5 Å². The van der Waals surface area contributed by atoms with E-state index >= 15 is 0 Å². The average Bonchev–Trinajstić information content (AvgIpc) is 3.08. The van der Waals surface area contributed by atoms with Crippen LogP contribution < -0.4 is 4.74 Å². The van der Waals surface area contributed by atoms with Gasteiger partial charge in [-0.2, -0.15) is 0 Å². The maximum absolute atomic E-state index is 12.7. The number of fused-ring (bicyclic) bond motifs is 1. The molecule has 0 saturated carbocycles. The fraction of sp³-hybridized carbons (Fsp3) is 0.333. The fourth-order valence-electron chi connectivity index (χ4n) is 2.86. The van der Waals surface area contributed by atoms with Crippen molar-refractivity contribution in [3.05, 3.63) is 53.5 Å². The molecule has 2 heterocycles. The van der Waals surface area contributed by atoms with Gasteiger partial charge in [0.05, 0.1) is 22.4 Å². The van der Waals surface area contributed by atoms with E-state index < -0.39 is 23.7 Å². The molecular formula is C18H18BrNO5. The summed E-state index contributed by atoms with van der Waals surface area (Å²) in [6, 6.07) is 7.39. The van der Waals surface area contributed by atoms with Crippen molar-refractivity contribution in [3.8, 4) is 5.75 Å². The largest absolute Gasteiger partial charge is 0.485 e. The maximum Gasteiger partial charge on any atom is 0.300 e. The number of amides is 1. The zero-order chi connectivity index (χ0) is 18.4. The second-order valence-corrected chi connectivity index (χ2v) is 7.26. The summed E-state index contributed by atoms with van der Waals surface area (Å²) in [4.78, 5) is 24.4. The number of aliphatic hydroxyl groups is 1. The lowest BCUT2D eigenvalue weighted by Gasteiger charge is -2.44. The molecule has 0 radical (unpaired) electrons. The molecule has 1 amide bonds. The lowest BCUT2D eigenvalue weighted by atomic mass is 9.85. The van der Waals surface area contributed by atoms with Gasteiger partial charge in [0, 0.05) is 11.1 Å². The Labute approximate surface area is 153 Å². The summed E-state index contributed by atoms with van der Waals surface area (Å²) in [5.74, 6) is 0.102. The number of hydrogen-bond donors (Lipinski definition) is 1. The van der Waals surface area contributed by atoms with E-state index in [1.165, 1.54) is 17.1 Å². The SMILES string of the molecule is CC(=O)c1ccc2c(c1)[C@H](N(Br)C(=O)c1ccco1)[C@@H](O)C(C)(C)O2. The molecule has 0 saturated heterocycles. The van der Waals surface area contributed by atoms with E-state index in [1.54, 1.807) is 44.2 Å². The van der Waals surface area contributed by atoms with Crippen LogP contribution in [0.1, 0.15) is 53.3 Å². The molecule has 2 atom stereocenters. The Balaban J connectivity index is 2.09. The number of ether oxygens (including phenoxy) is 1. The van der Waals surface area contributed by atoms with Gasteiger partial charge in [-0.1, -0.05) is 0 Å². The molecule has 1 aliphatic rings. The van der Waals surface area contributed by atoms with E-state index in [-0.39, 0.29) is 11.5 Å². The number of nitrogens with zero attached hydrogens (tertiary/aromatic N) is 1. The number of furan rings is 1. The van der Waals surface area contributed by atoms with Gasteiger partial charge in [-0.15, -0.1) is 0 Å². The first kappa shape index (κ1) is 17.7. The highest BCUT2D eigenvalue weighted by Crippen LogP contribution is 2.44. The van der Waals surface area contributed by atoms with Crippen LogP contribution in [0, 0.1) is 0 Å². The molecule has 7 heteroatoms. The maximum atomic E-state index is 12.7. The number of benzene rings is 1. The third kappa shape index (κ3) is 3.09. The van der Waals surface area contributed by atoms with Gasteiger partial charge in [0.2, 0.25) is 0 Å². The van der Waals surface area contributed by atoms with Crippen LogP contribution in [0.3, 0.4) is 0 Å². The standard InChI is InChI=1S/C18H18BrNO5/c1-10(21)11-6-7-13-12(9-11)15(16(22)18(2,3)25-13)20(19)17(23)14-5-4-8-24-14/h4-9,15-16,22H,1-3H3/t15-,16+/m0/s1. The van der Waals surface area contributed by atoms with E-state index in [0.717, 1.165) is 0 Å². The smallest absolute Gasteiger partial charge is 0.300 e. The zero-order valence-corrected chi connectivity index (χ0v) is 15.6. The summed E-state index contributed by atoms with van der Waals surface area (Å²) in [5.41, 5.74) is 0.104. The molecule has 1 aliphatic heterocycles. The Morgan fingerprint density at radius 2 is 2.00 bits per heavy atom. The lowest BCUT2D eigenvalue weighted by molar-refractivity contribution is -0.0733. The molecule has 1 aromatic carbocycles. The summed E-state index contributed by atoms with van der Waals surface area (Å²) in [5, 5.41) is 10.8. The second kappa shape index (κ2) is 6.31. The van der Waals surface area contributed by atoms with Crippen molar-refractivity contribution < 1.29 is 23.8 Å². The molecule has 25 heavy (non-hydrogen) atoms. The number of carbonyl (C=O) groups excluding carboxylic acids is 2. The summed E-state index contributed by atoms with van der Waals surface area (Å²) >= 11 is 3.27. The molecule has 0 fully saturated rings. The van der Waals surface area contributed by atoms with Gasteiger partial charge < -0.3 is 14.3 Å². The molecule has 1 N–H and O–H groups in total. The number of ketones is 1. The highest BCUT2D eigenvalue weighted by Gasteiger charge is 2.47. The summed E-state index contributed by atoms with van der Waals surface area (Å²) in [7, 11) is 0. The molecule has 132 valence electrons. The summed E-state index contributed by atoms with van der Waals surface area (Å²) in [6.07, 6.45) is 0.376. The van der Waals surface area contributed by atoms with Gasteiger partial charge >= 0.3 is 0 Å². The third-order valence-corrected chi connectivity index (χ3v) is 5.05. The van der Waals surface area contributed by atoms with Gasteiger partial charge in [-0.05, 0) is 51.1 Å². The van der Waals surface area contributed by atoms with E-state index in [0.29, 0.717) is 16.9 Å². The Bertz CT molecular complexity index is 815. The monoisotopic (exact) mass is 407 g/mol. The minimum absolute atomic E-state index is 0.112. The van der Waals surface area contributed by atoms with Crippen LogP contribution in [0.15, 0.2) is 41.0 Å². The van der Waals surface area contributed by atoms with Crippen LogP contribution in [0.25, 0.3) is 0 Å². The zero-order valence-electron chi connectivity index (χ0n) is 14.0. The van der Waals surface area contributed by atoms with Crippen molar-refractivity contribution in [3.63, 3.8) is 0 Å². The fourth-order valence-corrected chi connectivity index (χ4v) is 3.48. The van der Waals surface area contributed by atoms with Crippen molar-refractivity contribution in [1.82, 2.24) is 3.93 Å². The van der Waals surface area contributed by atoms with Crippen LogP contribution in [-0.4, -0.2) is 32.4 Å². The first-order valence-electron chi connectivity index (χ1n) is 7.77. The summed E-state index contributed by atoms with van der Waals surface area (Å²) in [6.45, 7) is 4.94. The highest BCUT2D eigenvalue weighted by atomic mass is 79.9. The molecule has 0 spiro atoms. The Morgan fingerprint density at radius 1 is 1.28 bits per heavy atom. The number of Topliss-reactive ketones (excluding diaryl/α,β-unsaturated/α-hetero) is 1. The van der Waals surface area contributed by atoms with Crippen LogP contribution in [0.2, 0.25) is 0 Å². The second-order valence-electron chi connectivity index (χ2n) is 6.50. The van der Waals surface area contributed by atoms with E-state index in [2.05, 4.69) is 16.1 Å². The number of halogens is 1. The number of rotatable bonds is 3. The van der Waals surface area contributed by atoms with Crippen molar-refractivity contribution in [2.45, 2.75) is 38.5 Å².